The third-order valence-corrected chi connectivity index (χ3v) is 0.854. The Labute approximate surface area is 46.9 Å². The monoisotopic (exact) mass is 98.1 g/mol. The highest BCUT2D eigenvalue weighted by Crippen LogP contribution is 2.18. The summed E-state index contributed by atoms with van der Waals surface area (Å²) in [6, 6.07) is 0. The predicted octanol–water partition coefficient (Wildman–Crippen LogP) is 2.46. The maximum atomic E-state index is 3.85. The fraction of sp³-hybridized carbons (Fsp3) is 0.714. The maximum absolute atomic E-state index is 3.85. The third kappa shape index (κ3) is 5.74. The van der Waals surface area contributed by atoms with Crippen molar-refractivity contribution in [3.8, 4) is 0 Å². The summed E-state index contributed by atoms with van der Waals surface area (Å²) in [7, 11) is 0. The Hall–Kier alpha value is -0.260. The molecule has 0 atom stereocenters. The Morgan fingerprint density at radius 1 is 1.43 bits per heavy atom. The summed E-state index contributed by atoms with van der Waals surface area (Å²) in [5.41, 5.74) is 0.0503. The Balaban J connectivity index is 3.15. The normalized spacial score (nSPS) is 11.7. The molecule has 0 N–H and O–H groups in total. The van der Waals surface area contributed by atoms with Gasteiger partial charge in [0.05, 0.1) is 0 Å². The van der Waals surface area contributed by atoms with Crippen molar-refractivity contribution in [2.45, 2.75) is 26.7 Å². The van der Waals surface area contributed by atoms with E-state index in [1.807, 2.05) is 0 Å². The second kappa shape index (κ2) is 2.15. The van der Waals surface area contributed by atoms with Gasteiger partial charge in [0, 0.05) is 13.3 Å². The summed E-state index contributed by atoms with van der Waals surface area (Å²) in [6.45, 7) is 11.9. The van der Waals surface area contributed by atoms with Crippen LogP contribution in [0.2, 0.25) is 0 Å². The topological polar surface area (TPSA) is 0 Å². The van der Waals surface area contributed by atoms with Crippen LogP contribution in [0.4, 0.5) is 0 Å². The van der Waals surface area contributed by atoms with Crippen LogP contribution in [0.3, 0.4) is 0 Å². The highest BCUT2D eigenvalue weighted by Gasteiger charge is 2.23. The van der Waals surface area contributed by atoms with Gasteiger partial charge >= 0.3 is 0 Å². The molecule has 0 aromatic rings. The van der Waals surface area contributed by atoms with Gasteiger partial charge in [-0.3, -0.25) is 0 Å². The summed E-state index contributed by atoms with van der Waals surface area (Å²) in [5.74, 6) is 0. The lowest BCUT2D eigenvalue weighted by molar-refractivity contribution is 0.483. The van der Waals surface area contributed by atoms with Gasteiger partial charge in [-0.2, -0.15) is 0 Å². The van der Waals surface area contributed by atoms with E-state index in [2.05, 4.69) is 27.7 Å². The van der Waals surface area contributed by atoms with Crippen molar-refractivity contribution in [3.05, 3.63) is 13.8 Å². The molecule has 0 aliphatic heterocycles. The smallest absolute Gasteiger partial charge is 0.0650 e. The van der Waals surface area contributed by atoms with Gasteiger partial charge in [-0.25, -0.2) is 0 Å². The second-order valence-electron chi connectivity index (χ2n) is 2.56. The number of rotatable bonds is 2. The standard InChI is InChI=1S/C7H14/c1-5-6-7(2,3)4/h2-3,5-6H2,1,4H3/q+2. The summed E-state index contributed by atoms with van der Waals surface area (Å²) in [6.07, 6.45) is 2.30. The van der Waals surface area contributed by atoms with Gasteiger partial charge in [-0.15, -0.1) is 0 Å². The van der Waals surface area contributed by atoms with E-state index in [4.69, 9.17) is 0 Å². The Bertz CT molecular complexity index is 38.5. The third-order valence-electron chi connectivity index (χ3n) is 0.854. The zero-order chi connectivity index (χ0) is 5.91. The van der Waals surface area contributed by atoms with Crippen molar-refractivity contribution in [3.63, 3.8) is 0 Å². The van der Waals surface area contributed by atoms with Crippen LogP contribution in [0.15, 0.2) is 0 Å². The first kappa shape index (κ1) is 6.74. The summed E-state index contributed by atoms with van der Waals surface area (Å²) >= 11 is 0. The summed E-state index contributed by atoms with van der Waals surface area (Å²) in [5, 5.41) is 0. The second-order valence-corrected chi connectivity index (χ2v) is 2.56. The lowest BCUT2D eigenvalue weighted by Crippen LogP contribution is -2.03. The van der Waals surface area contributed by atoms with Gasteiger partial charge in [0.25, 0.3) is 0 Å². The highest BCUT2D eigenvalue weighted by atomic mass is 14.1. The lowest BCUT2D eigenvalue weighted by Gasteiger charge is -1.98. The summed E-state index contributed by atoms with van der Waals surface area (Å²) in [4.78, 5) is 0. The van der Waals surface area contributed by atoms with Crippen LogP contribution >= 0.6 is 0 Å². The molecule has 0 nitrogen and oxygen atoms in total. The van der Waals surface area contributed by atoms with Crippen LogP contribution < -0.4 is 0 Å². The molecule has 0 fully saturated rings. The fourth-order valence-electron chi connectivity index (χ4n) is 0.604. The van der Waals surface area contributed by atoms with Gasteiger partial charge < -0.3 is 0 Å². The van der Waals surface area contributed by atoms with Gasteiger partial charge in [0.2, 0.25) is 5.41 Å². The van der Waals surface area contributed by atoms with Crippen LogP contribution in [0.1, 0.15) is 26.7 Å². The van der Waals surface area contributed by atoms with E-state index in [0.29, 0.717) is 0 Å². The minimum Gasteiger partial charge on any atom is -0.0650 e. The van der Waals surface area contributed by atoms with Gasteiger partial charge in [0.15, 0.2) is 0 Å². The van der Waals surface area contributed by atoms with Gasteiger partial charge in [-0.1, -0.05) is 6.92 Å². The van der Waals surface area contributed by atoms with Crippen LogP contribution in [0.5, 0.6) is 0 Å². The minimum absolute atomic E-state index is 0.0503. The first-order valence-corrected chi connectivity index (χ1v) is 2.77. The summed E-state index contributed by atoms with van der Waals surface area (Å²) < 4.78 is 0. The van der Waals surface area contributed by atoms with Crippen molar-refractivity contribution < 1.29 is 0 Å². The fourth-order valence-corrected chi connectivity index (χ4v) is 0.604. The van der Waals surface area contributed by atoms with E-state index < -0.39 is 0 Å². The predicted molar refractivity (Wildman–Crippen MR) is 33.7 cm³/mol. The molecule has 0 heteroatoms. The maximum Gasteiger partial charge on any atom is 0.227 e. The molecule has 0 saturated carbocycles. The zero-order valence-corrected chi connectivity index (χ0v) is 5.33. The molecule has 0 radical (unpaired) electrons. The molecule has 0 aromatic heterocycles. The van der Waals surface area contributed by atoms with Crippen LogP contribution in [0.25, 0.3) is 0 Å². The van der Waals surface area contributed by atoms with E-state index in [0.717, 1.165) is 6.42 Å². The molecule has 0 rings (SSSR count). The molecule has 0 spiro atoms. The molecule has 0 aliphatic rings. The van der Waals surface area contributed by atoms with Crippen LogP contribution in [-0.4, -0.2) is 0 Å². The largest absolute Gasteiger partial charge is 0.227 e. The molecule has 0 amide bonds. The molecule has 0 bridgehead atoms. The number of hydrogen-bond donors (Lipinski definition) is 0. The molecular formula is C7H14+2. The Morgan fingerprint density at radius 2 is 1.86 bits per heavy atom. The lowest BCUT2D eigenvalue weighted by atomic mass is 9.91. The van der Waals surface area contributed by atoms with Gasteiger partial charge in [0.1, 0.15) is 13.8 Å². The van der Waals surface area contributed by atoms with Crippen molar-refractivity contribution in [2.24, 2.45) is 5.41 Å². The van der Waals surface area contributed by atoms with E-state index in [9.17, 15) is 0 Å². The molecule has 0 aromatic carbocycles. The van der Waals surface area contributed by atoms with Crippen molar-refractivity contribution in [1.29, 1.82) is 0 Å². The van der Waals surface area contributed by atoms with Crippen molar-refractivity contribution in [2.75, 3.05) is 0 Å². The van der Waals surface area contributed by atoms with Crippen LogP contribution in [0, 0.1) is 19.3 Å². The molecule has 0 heterocycles. The Morgan fingerprint density at radius 3 is 1.86 bits per heavy atom. The molecule has 0 saturated heterocycles. The molecule has 40 valence electrons. The first-order chi connectivity index (χ1) is 3.06. The quantitative estimate of drug-likeness (QED) is 0.465. The SMILES string of the molecule is [CH2+]C([CH2+])(C)CCC. The van der Waals surface area contributed by atoms with Crippen molar-refractivity contribution in [1.82, 2.24) is 0 Å². The average molecular weight is 98.2 g/mol. The molecule has 0 unspecified atom stereocenters. The van der Waals surface area contributed by atoms with Crippen molar-refractivity contribution >= 4 is 0 Å². The van der Waals surface area contributed by atoms with E-state index in [1.54, 1.807) is 0 Å². The van der Waals surface area contributed by atoms with E-state index >= 15 is 0 Å². The highest BCUT2D eigenvalue weighted by molar-refractivity contribution is 4.77. The van der Waals surface area contributed by atoms with E-state index in [-0.39, 0.29) is 5.41 Å². The zero-order valence-electron chi connectivity index (χ0n) is 5.33. The average Bonchev–Trinajstić information content (AvgIpc) is 1.30. The molecule has 0 aliphatic carbocycles. The van der Waals surface area contributed by atoms with Gasteiger partial charge in [-0.05, 0) is 6.42 Å². The molecule has 7 heavy (non-hydrogen) atoms. The Kier molecular flexibility index (Phi) is 2.07. The first-order valence-electron chi connectivity index (χ1n) is 2.77. The van der Waals surface area contributed by atoms with Crippen LogP contribution in [-0.2, 0) is 0 Å². The number of hydrogen-bond acceptors (Lipinski definition) is 0. The minimum atomic E-state index is 0.0503. The molecular weight excluding hydrogens is 84.1 g/mol. The van der Waals surface area contributed by atoms with E-state index in [1.165, 1.54) is 6.42 Å².